The Morgan fingerprint density at radius 3 is 2.05 bits per heavy atom. The summed E-state index contributed by atoms with van der Waals surface area (Å²) in [6.45, 7) is 11.2. The van der Waals surface area contributed by atoms with E-state index in [0.29, 0.717) is 13.0 Å². The van der Waals surface area contributed by atoms with Gasteiger partial charge in [0.2, 0.25) is 0 Å². The Kier molecular flexibility index (Phi) is 5.25. The summed E-state index contributed by atoms with van der Waals surface area (Å²) in [5.74, 6) is -0.472. The predicted molar refractivity (Wildman–Crippen MR) is 79.8 cm³/mol. The minimum absolute atomic E-state index is 0.430. The summed E-state index contributed by atoms with van der Waals surface area (Å²) in [6, 6.07) is -1.21. The molecule has 0 bridgehead atoms. The van der Waals surface area contributed by atoms with Crippen molar-refractivity contribution >= 4 is 12.1 Å². The minimum atomic E-state index is -0.784. The van der Waals surface area contributed by atoms with Crippen LogP contribution in [0.2, 0.25) is 0 Å². The SMILES string of the molecule is CC(C)(C)OC(=O)C1C(N)CCCN1C(=O)OC(C)(C)C. The highest BCUT2D eigenvalue weighted by Gasteiger charge is 2.41. The minimum Gasteiger partial charge on any atom is -0.458 e. The number of carbonyl (C=O) groups excluding carboxylic acids is 2. The molecule has 21 heavy (non-hydrogen) atoms. The van der Waals surface area contributed by atoms with Crippen LogP contribution in [-0.4, -0.2) is 46.8 Å². The fraction of sp³-hybridized carbons (Fsp3) is 0.867. The number of likely N-dealkylation sites (tertiary alicyclic amines) is 1. The lowest BCUT2D eigenvalue weighted by atomic mass is 9.97. The number of piperidine rings is 1. The van der Waals surface area contributed by atoms with Gasteiger partial charge >= 0.3 is 12.1 Å². The van der Waals surface area contributed by atoms with E-state index in [1.54, 1.807) is 41.5 Å². The summed E-state index contributed by atoms with van der Waals surface area (Å²) >= 11 is 0. The number of esters is 1. The van der Waals surface area contributed by atoms with Crippen LogP contribution < -0.4 is 5.73 Å². The molecule has 0 aromatic carbocycles. The molecule has 0 spiro atoms. The number of nitrogens with zero attached hydrogens (tertiary/aromatic N) is 1. The zero-order valence-electron chi connectivity index (χ0n) is 13.9. The van der Waals surface area contributed by atoms with Crippen LogP contribution in [0.4, 0.5) is 4.79 Å². The third kappa shape index (κ3) is 5.53. The van der Waals surface area contributed by atoms with Crippen LogP contribution in [0.1, 0.15) is 54.4 Å². The Hall–Kier alpha value is -1.30. The van der Waals surface area contributed by atoms with Crippen molar-refractivity contribution in [2.75, 3.05) is 6.54 Å². The highest BCUT2D eigenvalue weighted by Crippen LogP contribution is 2.22. The average molecular weight is 300 g/mol. The summed E-state index contributed by atoms with van der Waals surface area (Å²) in [6.07, 6.45) is 0.914. The molecule has 0 saturated carbocycles. The molecule has 0 radical (unpaired) electrons. The van der Waals surface area contributed by atoms with Crippen LogP contribution in [0.5, 0.6) is 0 Å². The number of carbonyl (C=O) groups is 2. The van der Waals surface area contributed by atoms with E-state index in [9.17, 15) is 9.59 Å². The number of hydrogen-bond acceptors (Lipinski definition) is 5. The van der Waals surface area contributed by atoms with Crippen molar-refractivity contribution in [3.05, 3.63) is 0 Å². The Balaban J connectivity index is 2.89. The lowest BCUT2D eigenvalue weighted by molar-refractivity contribution is -0.163. The van der Waals surface area contributed by atoms with Crippen LogP contribution in [0, 0.1) is 0 Å². The lowest BCUT2D eigenvalue weighted by Gasteiger charge is -2.39. The molecule has 2 atom stereocenters. The van der Waals surface area contributed by atoms with E-state index in [0.717, 1.165) is 6.42 Å². The van der Waals surface area contributed by atoms with Gasteiger partial charge in [-0.05, 0) is 54.4 Å². The molecule has 122 valence electrons. The topological polar surface area (TPSA) is 81.9 Å². The van der Waals surface area contributed by atoms with E-state index in [4.69, 9.17) is 15.2 Å². The molecule has 1 fully saturated rings. The van der Waals surface area contributed by atoms with E-state index in [1.165, 1.54) is 4.90 Å². The summed E-state index contributed by atoms with van der Waals surface area (Å²) in [7, 11) is 0. The first kappa shape index (κ1) is 17.8. The number of hydrogen-bond donors (Lipinski definition) is 1. The maximum absolute atomic E-state index is 12.4. The summed E-state index contributed by atoms with van der Waals surface area (Å²) in [4.78, 5) is 26.0. The fourth-order valence-corrected chi connectivity index (χ4v) is 2.22. The van der Waals surface area contributed by atoms with Crippen molar-refractivity contribution in [1.82, 2.24) is 4.90 Å². The first-order valence-corrected chi connectivity index (χ1v) is 7.39. The molecule has 1 aliphatic rings. The monoisotopic (exact) mass is 300 g/mol. The second-order valence-corrected chi connectivity index (χ2v) is 7.46. The molecule has 0 aromatic heterocycles. The quantitative estimate of drug-likeness (QED) is 0.750. The van der Waals surface area contributed by atoms with E-state index in [2.05, 4.69) is 0 Å². The molecule has 2 N–H and O–H groups in total. The fourth-order valence-electron chi connectivity index (χ4n) is 2.22. The molecule has 1 aliphatic heterocycles. The van der Waals surface area contributed by atoms with E-state index >= 15 is 0 Å². The molecule has 1 saturated heterocycles. The Bertz CT molecular complexity index is 395. The van der Waals surface area contributed by atoms with E-state index in [1.807, 2.05) is 0 Å². The van der Waals surface area contributed by atoms with Crippen LogP contribution in [0.15, 0.2) is 0 Å². The summed E-state index contributed by atoms with van der Waals surface area (Å²) in [5, 5.41) is 0. The number of nitrogens with two attached hydrogens (primary N) is 1. The second-order valence-electron chi connectivity index (χ2n) is 7.46. The van der Waals surface area contributed by atoms with Crippen molar-refractivity contribution in [3.8, 4) is 0 Å². The van der Waals surface area contributed by atoms with Crippen molar-refractivity contribution in [1.29, 1.82) is 0 Å². The average Bonchev–Trinajstić information content (AvgIpc) is 2.23. The van der Waals surface area contributed by atoms with Gasteiger partial charge in [-0.15, -0.1) is 0 Å². The zero-order valence-corrected chi connectivity index (χ0v) is 13.9. The Morgan fingerprint density at radius 1 is 1.05 bits per heavy atom. The van der Waals surface area contributed by atoms with Gasteiger partial charge in [0, 0.05) is 12.6 Å². The molecular weight excluding hydrogens is 272 g/mol. The van der Waals surface area contributed by atoms with E-state index < -0.39 is 35.3 Å². The van der Waals surface area contributed by atoms with Gasteiger partial charge in [0.05, 0.1) is 0 Å². The molecule has 0 aliphatic carbocycles. The highest BCUT2D eigenvalue weighted by molar-refractivity contribution is 5.83. The van der Waals surface area contributed by atoms with Crippen LogP contribution in [0.25, 0.3) is 0 Å². The standard InChI is InChI=1S/C15H28N2O4/c1-14(2,3)20-12(18)11-10(16)8-7-9-17(11)13(19)21-15(4,5)6/h10-11H,7-9,16H2,1-6H3. The Labute approximate surface area is 126 Å². The van der Waals surface area contributed by atoms with Gasteiger partial charge in [-0.2, -0.15) is 0 Å². The summed E-state index contributed by atoms with van der Waals surface area (Å²) in [5.41, 5.74) is 4.81. The maximum atomic E-state index is 12.4. The smallest absolute Gasteiger partial charge is 0.411 e. The third-order valence-electron chi connectivity index (χ3n) is 2.95. The van der Waals surface area contributed by atoms with Crippen molar-refractivity contribution in [2.45, 2.75) is 77.7 Å². The zero-order chi connectivity index (χ0) is 16.4. The van der Waals surface area contributed by atoms with Crippen molar-refractivity contribution in [2.24, 2.45) is 5.73 Å². The molecule has 0 aromatic rings. The van der Waals surface area contributed by atoms with E-state index in [-0.39, 0.29) is 0 Å². The molecule has 6 heteroatoms. The Morgan fingerprint density at radius 2 is 1.57 bits per heavy atom. The first-order chi connectivity index (χ1) is 9.41. The third-order valence-corrected chi connectivity index (χ3v) is 2.95. The number of amides is 1. The van der Waals surface area contributed by atoms with Crippen LogP contribution in [0.3, 0.4) is 0 Å². The maximum Gasteiger partial charge on any atom is 0.411 e. The molecular formula is C15H28N2O4. The molecule has 2 unspecified atom stereocenters. The molecule has 1 rings (SSSR count). The van der Waals surface area contributed by atoms with Gasteiger partial charge in [-0.3, -0.25) is 4.90 Å². The van der Waals surface area contributed by atoms with Crippen LogP contribution in [-0.2, 0) is 14.3 Å². The highest BCUT2D eigenvalue weighted by atomic mass is 16.6. The van der Waals surface area contributed by atoms with Crippen molar-refractivity contribution in [3.63, 3.8) is 0 Å². The predicted octanol–water partition coefficient (Wildman–Crippen LogP) is 2.05. The van der Waals surface area contributed by atoms with Gasteiger partial charge in [-0.1, -0.05) is 0 Å². The van der Waals surface area contributed by atoms with Gasteiger partial charge < -0.3 is 15.2 Å². The molecule has 1 amide bonds. The largest absolute Gasteiger partial charge is 0.458 e. The summed E-state index contributed by atoms with van der Waals surface area (Å²) < 4.78 is 10.7. The number of ether oxygens (including phenoxy) is 2. The van der Waals surface area contributed by atoms with Crippen molar-refractivity contribution < 1.29 is 19.1 Å². The normalized spacial score (nSPS) is 23.7. The second kappa shape index (κ2) is 6.22. The molecule has 1 heterocycles. The van der Waals surface area contributed by atoms with Gasteiger partial charge in [0.15, 0.2) is 0 Å². The lowest BCUT2D eigenvalue weighted by Crippen LogP contribution is -2.59. The first-order valence-electron chi connectivity index (χ1n) is 7.39. The number of rotatable bonds is 1. The van der Waals surface area contributed by atoms with Gasteiger partial charge in [0.1, 0.15) is 17.2 Å². The van der Waals surface area contributed by atoms with Gasteiger partial charge in [-0.25, -0.2) is 9.59 Å². The molecule has 6 nitrogen and oxygen atoms in total. The van der Waals surface area contributed by atoms with Gasteiger partial charge in [0.25, 0.3) is 0 Å². The van der Waals surface area contributed by atoms with Crippen LogP contribution >= 0.6 is 0 Å².